The van der Waals surface area contributed by atoms with E-state index < -0.39 is 92.4 Å². The lowest BCUT2D eigenvalue weighted by molar-refractivity contribution is -0.159. The summed E-state index contributed by atoms with van der Waals surface area (Å²) >= 11 is 17.3. The smallest absolute Gasteiger partial charge is 0.366 e. The number of benzene rings is 2. The molecule has 0 spiro atoms. The Bertz CT molecular complexity index is 1350. The van der Waals surface area contributed by atoms with Crippen LogP contribution in [0.2, 0.25) is 15.1 Å². The van der Waals surface area contributed by atoms with E-state index in [-0.39, 0.29) is 16.0 Å². The van der Waals surface area contributed by atoms with Gasteiger partial charge in [-0.25, -0.2) is 4.39 Å². The van der Waals surface area contributed by atoms with Gasteiger partial charge in [-0.2, -0.15) is 39.5 Å². The number of hydrogen-bond donors (Lipinski definition) is 1. The quantitative estimate of drug-likeness (QED) is 0.239. The number of rotatable bonds is 7. The van der Waals surface area contributed by atoms with Gasteiger partial charge < -0.3 is 10.6 Å². The Balaban J connectivity index is 2.91. The monoisotopic (exact) mass is 660 g/mol. The van der Waals surface area contributed by atoms with Crippen molar-refractivity contribution < 1.29 is 53.5 Å². The Morgan fingerprint density at radius 1 is 0.951 bits per heavy atom. The zero-order chi connectivity index (χ0) is 31.8. The van der Waals surface area contributed by atoms with Gasteiger partial charge in [0, 0.05) is 12.6 Å². The molecule has 0 bridgehead atoms. The highest BCUT2D eigenvalue weighted by Crippen LogP contribution is 2.45. The fraction of sp³-hybridized carbons (Fsp3) is 0.333. The van der Waals surface area contributed by atoms with Crippen LogP contribution in [0.1, 0.15) is 51.4 Å². The van der Waals surface area contributed by atoms with Crippen LogP contribution in [0.25, 0.3) is 5.83 Å². The number of carbonyl (C=O) groups is 2. The van der Waals surface area contributed by atoms with Crippen LogP contribution in [0.4, 0.5) is 43.9 Å². The molecule has 17 heteroatoms. The van der Waals surface area contributed by atoms with E-state index >= 15 is 4.39 Å². The maximum absolute atomic E-state index is 15.6. The van der Waals surface area contributed by atoms with Crippen molar-refractivity contribution in [3.63, 3.8) is 0 Å². The van der Waals surface area contributed by atoms with Gasteiger partial charge in [0.25, 0.3) is 0 Å². The molecule has 2 aromatic carbocycles. The highest BCUT2D eigenvalue weighted by atomic mass is 35.5. The Hall–Kier alpha value is -2.71. The second-order valence-electron chi connectivity index (χ2n) is 8.67. The summed E-state index contributed by atoms with van der Waals surface area (Å²) in [7, 11) is 0.594. The highest BCUT2D eigenvalue weighted by Gasteiger charge is 2.44. The Kier molecular flexibility index (Phi) is 10.3. The topological polar surface area (TPSA) is 63.4 Å². The summed E-state index contributed by atoms with van der Waals surface area (Å²) in [5, 5.41) is -1.26. The van der Waals surface area contributed by atoms with Crippen molar-refractivity contribution in [2.45, 2.75) is 37.3 Å². The van der Waals surface area contributed by atoms with Crippen molar-refractivity contribution in [3.05, 3.63) is 73.2 Å². The first-order valence-corrected chi connectivity index (χ1v) is 12.0. The van der Waals surface area contributed by atoms with E-state index in [1.165, 1.54) is 0 Å². The van der Waals surface area contributed by atoms with Crippen LogP contribution in [0.3, 0.4) is 0 Å². The zero-order valence-electron chi connectivity index (χ0n) is 20.5. The number of likely N-dealkylation sites (N-methyl/N-ethyl adjacent to an activating group) is 1. The van der Waals surface area contributed by atoms with Crippen LogP contribution < -0.4 is 5.73 Å². The van der Waals surface area contributed by atoms with Crippen LogP contribution in [-0.2, 0) is 11.0 Å². The summed E-state index contributed by atoms with van der Waals surface area (Å²) in [6.07, 6.45) is -16.0. The maximum Gasteiger partial charge on any atom is 0.417 e. The van der Waals surface area contributed by atoms with Gasteiger partial charge in [-0.15, -0.1) is 0 Å². The third-order valence-electron chi connectivity index (χ3n) is 5.68. The van der Waals surface area contributed by atoms with E-state index in [2.05, 4.69) is 0 Å². The van der Waals surface area contributed by atoms with Crippen molar-refractivity contribution in [1.82, 2.24) is 4.90 Å². The summed E-state index contributed by atoms with van der Waals surface area (Å²) < 4.78 is 139. The lowest BCUT2D eigenvalue weighted by Crippen LogP contribution is -2.39. The summed E-state index contributed by atoms with van der Waals surface area (Å²) in [6.45, 7) is -1.25. The summed E-state index contributed by atoms with van der Waals surface area (Å²) in [4.78, 5) is 24.5. The van der Waals surface area contributed by atoms with Gasteiger partial charge in [0.15, 0.2) is 0 Å². The fourth-order valence-electron chi connectivity index (χ4n) is 3.96. The van der Waals surface area contributed by atoms with Gasteiger partial charge >= 0.3 is 18.5 Å². The van der Waals surface area contributed by atoms with Crippen molar-refractivity contribution in [2.24, 2.45) is 5.73 Å². The van der Waals surface area contributed by atoms with E-state index in [0.29, 0.717) is 38.2 Å². The number of hydrogen-bond acceptors (Lipinski definition) is 2. The highest BCUT2D eigenvalue weighted by molar-refractivity contribution is 6.48. The average Bonchev–Trinajstić information content (AvgIpc) is 2.81. The van der Waals surface area contributed by atoms with E-state index in [4.69, 9.17) is 40.5 Å². The average molecular weight is 662 g/mol. The Morgan fingerprint density at radius 2 is 1.44 bits per heavy atom. The minimum Gasteiger partial charge on any atom is -0.366 e. The molecule has 0 aliphatic carbocycles. The molecule has 2 N–H and O–H groups in total. The second-order valence-corrected chi connectivity index (χ2v) is 9.87. The first kappa shape index (κ1) is 34.5. The molecule has 2 aromatic rings. The molecule has 0 heterocycles. The molecule has 0 radical (unpaired) electrons. The molecule has 0 aromatic heterocycles. The fourth-order valence-corrected chi connectivity index (χ4v) is 4.57. The molecule has 0 aliphatic heterocycles. The lowest BCUT2D eigenvalue weighted by atomic mass is 9.85. The number of halogens is 13. The number of alkyl halides is 9. The van der Waals surface area contributed by atoms with Crippen molar-refractivity contribution in [2.75, 3.05) is 13.6 Å². The van der Waals surface area contributed by atoms with Gasteiger partial charge in [-0.05, 0) is 42.3 Å². The van der Waals surface area contributed by atoms with E-state index in [9.17, 15) is 49.1 Å². The number of carbonyl (C=O) groups excluding carboxylic acids is 2. The van der Waals surface area contributed by atoms with Crippen molar-refractivity contribution in [1.29, 1.82) is 0 Å². The van der Waals surface area contributed by atoms with Crippen LogP contribution >= 0.6 is 34.8 Å². The number of nitrogens with two attached hydrogens (primary N) is 1. The molecule has 0 saturated carbocycles. The van der Waals surface area contributed by atoms with Gasteiger partial charge in [-0.3, -0.25) is 9.59 Å². The van der Waals surface area contributed by atoms with Crippen LogP contribution in [0.15, 0.2) is 30.3 Å². The number of amides is 2. The maximum atomic E-state index is 15.6. The van der Waals surface area contributed by atoms with Gasteiger partial charge in [0.2, 0.25) is 11.8 Å². The predicted molar refractivity (Wildman–Crippen MR) is 131 cm³/mol. The molecular weight excluding hydrogens is 645 g/mol. The first-order valence-electron chi connectivity index (χ1n) is 10.9. The first-order chi connectivity index (χ1) is 18.5. The molecule has 0 fully saturated rings. The molecule has 0 aliphatic rings. The standard InChI is InChI=1S/C24H17Cl3F10N2O2/c1-9(21(41)39(2)8-22(29,30)31)17-11(3-4-12(20(38)40)18(17)24(35,36)37)16(28)7-13(23(32,33)34)10-5-14(25)19(27)15(26)6-10/h3-7,9,13H,8H2,1-2H3,(H2,38,40)/b16-7-/t9-,13?/m1/s1. The van der Waals surface area contributed by atoms with Gasteiger partial charge in [0.05, 0.1) is 32.1 Å². The normalized spacial score (nSPS) is 14.6. The molecule has 4 nitrogen and oxygen atoms in total. The summed E-state index contributed by atoms with van der Waals surface area (Å²) in [6, 6.07) is 2.20. The van der Waals surface area contributed by atoms with Crippen LogP contribution in [0.5, 0.6) is 0 Å². The van der Waals surface area contributed by atoms with Crippen LogP contribution in [0, 0.1) is 0 Å². The summed E-state index contributed by atoms with van der Waals surface area (Å²) in [5.74, 6) is -10.4. The second kappa shape index (κ2) is 12.3. The van der Waals surface area contributed by atoms with Crippen LogP contribution in [-0.4, -0.2) is 42.7 Å². The van der Waals surface area contributed by atoms with Crippen molar-refractivity contribution in [3.8, 4) is 0 Å². The largest absolute Gasteiger partial charge is 0.417 e. The van der Waals surface area contributed by atoms with E-state index in [0.717, 1.165) is 0 Å². The Morgan fingerprint density at radius 3 is 1.85 bits per heavy atom. The third kappa shape index (κ3) is 8.19. The minimum atomic E-state index is -5.56. The molecular formula is C24H17Cl3F10N2O2. The molecule has 226 valence electrons. The molecule has 2 amide bonds. The molecule has 0 saturated heterocycles. The number of nitrogens with zero attached hydrogens (tertiary/aromatic N) is 1. The molecule has 2 atom stereocenters. The van der Waals surface area contributed by atoms with Gasteiger partial charge in [0.1, 0.15) is 18.3 Å². The lowest BCUT2D eigenvalue weighted by Gasteiger charge is -2.27. The minimum absolute atomic E-state index is 0.0105. The number of primary amides is 1. The molecule has 2 rings (SSSR count). The molecule has 41 heavy (non-hydrogen) atoms. The predicted octanol–water partition coefficient (Wildman–Crippen LogP) is 8.55. The van der Waals surface area contributed by atoms with E-state index in [1.807, 2.05) is 0 Å². The summed E-state index contributed by atoms with van der Waals surface area (Å²) in [5.41, 5.74) is -1.74. The molecule has 1 unspecified atom stereocenters. The number of allylic oxidation sites excluding steroid dienone is 1. The third-order valence-corrected chi connectivity index (χ3v) is 6.88. The van der Waals surface area contributed by atoms with E-state index in [1.54, 1.807) is 0 Å². The Labute approximate surface area is 240 Å². The van der Waals surface area contributed by atoms with Gasteiger partial charge in [-0.1, -0.05) is 40.9 Å². The zero-order valence-corrected chi connectivity index (χ0v) is 22.8. The SMILES string of the molecule is C[C@@H](C(=O)N(C)CC(F)(F)F)c1c(/C(F)=C/C(c2cc(Cl)c(Cl)c(Cl)c2)C(F)(F)F)ccc(C(N)=O)c1C(F)(F)F. The van der Waals surface area contributed by atoms with Crippen molar-refractivity contribution >= 4 is 52.4 Å².